The second-order valence-corrected chi connectivity index (χ2v) is 15.4. The molecule has 0 aromatic rings. The topological polar surface area (TPSA) is 79.3 Å². The van der Waals surface area contributed by atoms with Crippen LogP contribution in [0.1, 0.15) is 40.0 Å². The van der Waals surface area contributed by atoms with Crippen LogP contribution in [-0.2, 0) is 14.3 Å². The Morgan fingerprint density at radius 3 is 2.41 bits per heavy atom. The van der Waals surface area contributed by atoms with Gasteiger partial charge in [0.05, 0.1) is 6.61 Å². The first kappa shape index (κ1) is 25.7. The van der Waals surface area contributed by atoms with Crippen LogP contribution in [0.5, 0.6) is 0 Å². The van der Waals surface area contributed by atoms with Crippen LogP contribution in [0, 0.1) is 0 Å². The molecule has 1 unspecified atom stereocenters. The molecule has 0 saturated carbocycles. The molecule has 0 bridgehead atoms. The predicted octanol–water partition coefficient (Wildman–Crippen LogP) is 3.46. The highest BCUT2D eigenvalue weighted by molar-refractivity contribution is 6.76. The van der Waals surface area contributed by atoms with E-state index in [1.807, 2.05) is 6.08 Å². The molecule has 8 heteroatoms. The van der Waals surface area contributed by atoms with Crippen molar-refractivity contribution in [3.63, 3.8) is 0 Å². The fourth-order valence-electron chi connectivity index (χ4n) is 3.13. The first-order chi connectivity index (χ1) is 13.4. The molecule has 168 valence electrons. The Bertz CT molecular complexity index is 568. The molecule has 2 amide bonds. The van der Waals surface area contributed by atoms with Crippen molar-refractivity contribution in [3.8, 4) is 0 Å². The van der Waals surface area contributed by atoms with Gasteiger partial charge in [0, 0.05) is 28.3 Å². The lowest BCUT2D eigenvalue weighted by Crippen LogP contribution is -2.58. The summed E-state index contributed by atoms with van der Waals surface area (Å²) in [5.74, 6) is -0.177. The summed E-state index contributed by atoms with van der Waals surface area (Å²) in [6, 6.07) is 0.321. The SMILES string of the molecule is COCCN(CC=CC[Si](C)(C)C)C(=O)[C@@H]1CCCC(O)N1C(=O)OC(C)(C)C. The number of carbonyl (C=O) groups excluding carboxylic acids is 2. The smallest absolute Gasteiger partial charge is 0.413 e. The van der Waals surface area contributed by atoms with Crippen LogP contribution in [0.3, 0.4) is 0 Å². The lowest BCUT2D eigenvalue weighted by atomic mass is 10.00. The second kappa shape index (κ2) is 11.1. The predicted molar refractivity (Wildman–Crippen MR) is 117 cm³/mol. The van der Waals surface area contributed by atoms with E-state index in [1.165, 1.54) is 4.90 Å². The number of nitrogens with zero attached hydrogens (tertiary/aromatic N) is 2. The van der Waals surface area contributed by atoms with E-state index < -0.39 is 32.0 Å². The van der Waals surface area contributed by atoms with Gasteiger partial charge >= 0.3 is 6.09 Å². The number of piperidine rings is 1. The molecule has 0 spiro atoms. The number of aliphatic hydroxyl groups is 1. The van der Waals surface area contributed by atoms with Crippen molar-refractivity contribution < 1.29 is 24.2 Å². The van der Waals surface area contributed by atoms with Crippen molar-refractivity contribution in [2.75, 3.05) is 26.8 Å². The standard InChI is InChI=1S/C21H40N2O5Si/c1-21(2,3)28-20(26)23-17(11-10-12-18(23)24)19(25)22(14-15-27-4)13-8-9-16-29(5,6)7/h8-9,17-18,24H,10-16H2,1-7H3/t17-,18?/m0/s1. The maximum Gasteiger partial charge on any atom is 0.413 e. The molecule has 0 aromatic heterocycles. The third-order valence-corrected chi connectivity index (χ3v) is 6.05. The van der Waals surface area contributed by atoms with Crippen LogP contribution in [0.4, 0.5) is 4.79 Å². The third kappa shape index (κ3) is 9.31. The molecule has 0 aliphatic carbocycles. The first-order valence-electron chi connectivity index (χ1n) is 10.5. The molecule has 1 rings (SSSR count). The average Bonchev–Trinajstić information content (AvgIpc) is 2.57. The minimum absolute atomic E-state index is 0.177. The van der Waals surface area contributed by atoms with Gasteiger partial charge in [-0.05, 0) is 46.1 Å². The van der Waals surface area contributed by atoms with E-state index in [2.05, 4.69) is 25.7 Å². The molecule has 0 aromatic carbocycles. The summed E-state index contributed by atoms with van der Waals surface area (Å²) >= 11 is 0. The molecule has 1 N–H and O–H groups in total. The lowest BCUT2D eigenvalue weighted by Gasteiger charge is -2.40. The van der Waals surface area contributed by atoms with E-state index in [0.717, 1.165) is 6.04 Å². The number of hydrogen-bond acceptors (Lipinski definition) is 5. The Hall–Kier alpha value is -1.38. The molecule has 1 fully saturated rings. The number of aliphatic hydroxyl groups excluding tert-OH is 1. The quantitative estimate of drug-likeness (QED) is 0.473. The summed E-state index contributed by atoms with van der Waals surface area (Å²) in [6.45, 7) is 13.5. The van der Waals surface area contributed by atoms with E-state index in [0.29, 0.717) is 39.0 Å². The van der Waals surface area contributed by atoms with Crippen molar-refractivity contribution in [1.82, 2.24) is 9.80 Å². The Labute approximate surface area is 177 Å². The number of rotatable bonds is 8. The molecular formula is C21H40N2O5Si. The highest BCUT2D eigenvalue weighted by Crippen LogP contribution is 2.25. The van der Waals surface area contributed by atoms with Crippen molar-refractivity contribution in [3.05, 3.63) is 12.2 Å². The van der Waals surface area contributed by atoms with Crippen molar-refractivity contribution in [2.45, 2.75) is 83.6 Å². The maximum absolute atomic E-state index is 13.3. The Morgan fingerprint density at radius 1 is 1.21 bits per heavy atom. The van der Waals surface area contributed by atoms with Crippen LogP contribution in [0.25, 0.3) is 0 Å². The van der Waals surface area contributed by atoms with Gasteiger partial charge in [-0.2, -0.15) is 0 Å². The normalized spacial score (nSPS) is 20.8. The fourth-order valence-corrected chi connectivity index (χ4v) is 4.00. The minimum Gasteiger partial charge on any atom is -0.444 e. The molecular weight excluding hydrogens is 388 g/mol. The summed E-state index contributed by atoms with van der Waals surface area (Å²) in [6.07, 6.45) is 4.13. The highest BCUT2D eigenvalue weighted by atomic mass is 28.3. The van der Waals surface area contributed by atoms with Crippen molar-refractivity contribution in [1.29, 1.82) is 0 Å². The van der Waals surface area contributed by atoms with Crippen LogP contribution in [0.2, 0.25) is 25.7 Å². The number of carbonyl (C=O) groups is 2. The van der Waals surface area contributed by atoms with Gasteiger partial charge < -0.3 is 19.5 Å². The van der Waals surface area contributed by atoms with Crippen molar-refractivity contribution in [2.24, 2.45) is 0 Å². The van der Waals surface area contributed by atoms with Gasteiger partial charge in [0.25, 0.3) is 0 Å². The zero-order valence-corrected chi connectivity index (χ0v) is 20.2. The van der Waals surface area contributed by atoms with Crippen LogP contribution in [-0.4, -0.2) is 79.7 Å². The van der Waals surface area contributed by atoms with Crippen molar-refractivity contribution >= 4 is 20.1 Å². The monoisotopic (exact) mass is 428 g/mol. The lowest BCUT2D eigenvalue weighted by molar-refractivity contribution is -0.145. The Morgan fingerprint density at radius 2 is 1.86 bits per heavy atom. The van der Waals surface area contributed by atoms with Gasteiger partial charge in [0.2, 0.25) is 5.91 Å². The van der Waals surface area contributed by atoms with Gasteiger partial charge in [-0.3, -0.25) is 9.69 Å². The summed E-state index contributed by atoms with van der Waals surface area (Å²) in [5, 5.41) is 10.4. The fraction of sp³-hybridized carbons (Fsp3) is 0.810. The Balaban J connectivity index is 2.95. The first-order valence-corrected chi connectivity index (χ1v) is 14.2. The molecule has 1 saturated heterocycles. The summed E-state index contributed by atoms with van der Waals surface area (Å²) in [7, 11) is 0.409. The Kier molecular flexibility index (Phi) is 9.84. The number of allylic oxidation sites excluding steroid dienone is 1. The van der Waals surface area contributed by atoms with Gasteiger partial charge in [-0.15, -0.1) is 0 Å². The molecule has 1 aliphatic heterocycles. The van der Waals surface area contributed by atoms with Gasteiger partial charge in [-0.25, -0.2) is 4.79 Å². The van der Waals surface area contributed by atoms with Crippen LogP contribution in [0.15, 0.2) is 12.2 Å². The second-order valence-electron chi connectivity index (χ2n) is 9.83. The molecule has 7 nitrogen and oxygen atoms in total. The average molecular weight is 429 g/mol. The van der Waals surface area contributed by atoms with E-state index >= 15 is 0 Å². The van der Waals surface area contributed by atoms with Gasteiger partial charge in [-0.1, -0.05) is 31.8 Å². The largest absolute Gasteiger partial charge is 0.444 e. The molecule has 0 radical (unpaired) electrons. The molecule has 1 heterocycles. The van der Waals surface area contributed by atoms with E-state index in [9.17, 15) is 14.7 Å². The number of methoxy groups -OCH3 is 1. The summed E-state index contributed by atoms with van der Waals surface area (Å²) in [4.78, 5) is 28.9. The number of likely N-dealkylation sites (tertiary alicyclic amines) is 1. The van der Waals surface area contributed by atoms with Gasteiger partial charge in [0.1, 0.15) is 17.9 Å². The summed E-state index contributed by atoms with van der Waals surface area (Å²) in [5.41, 5.74) is -0.697. The third-order valence-electron chi connectivity index (χ3n) is 4.59. The van der Waals surface area contributed by atoms with E-state index in [-0.39, 0.29) is 5.91 Å². The number of ether oxygens (including phenoxy) is 2. The maximum atomic E-state index is 13.3. The number of hydrogen-bond donors (Lipinski definition) is 1. The molecule has 2 atom stereocenters. The highest BCUT2D eigenvalue weighted by Gasteiger charge is 2.41. The number of amides is 2. The summed E-state index contributed by atoms with van der Waals surface area (Å²) < 4.78 is 10.6. The van der Waals surface area contributed by atoms with E-state index in [1.54, 1.807) is 32.8 Å². The van der Waals surface area contributed by atoms with Crippen LogP contribution >= 0.6 is 0 Å². The molecule has 1 aliphatic rings. The van der Waals surface area contributed by atoms with E-state index in [4.69, 9.17) is 9.47 Å². The van der Waals surface area contributed by atoms with Gasteiger partial charge in [0.15, 0.2) is 0 Å². The minimum atomic E-state index is -1.19. The molecule has 29 heavy (non-hydrogen) atoms. The van der Waals surface area contributed by atoms with Crippen LogP contribution < -0.4 is 0 Å². The zero-order chi connectivity index (χ0) is 22.2. The zero-order valence-electron chi connectivity index (χ0n) is 19.2.